The van der Waals surface area contributed by atoms with Crippen LogP contribution in [-0.4, -0.2) is 4.98 Å². The molecule has 0 radical (unpaired) electrons. The van der Waals surface area contributed by atoms with Crippen LogP contribution in [0.2, 0.25) is 0 Å². The summed E-state index contributed by atoms with van der Waals surface area (Å²) in [5.41, 5.74) is 3.89. The highest BCUT2D eigenvalue weighted by molar-refractivity contribution is 5.90. The van der Waals surface area contributed by atoms with E-state index in [2.05, 4.69) is 28.0 Å². The Kier molecular flexibility index (Phi) is 3.26. The molecule has 0 saturated carbocycles. The standard InChI is InChI=1S/C18H12N2/c1-19-16-10-7-14(8-11-16)6-9-15-12-13-20-18-5-3-2-4-17(15)18/h2-13H/b9-6+. The van der Waals surface area contributed by atoms with Crippen LogP contribution in [0.15, 0.2) is 60.8 Å². The Bertz CT molecular complexity index is 803. The third kappa shape index (κ3) is 2.43. The molecule has 0 atom stereocenters. The lowest BCUT2D eigenvalue weighted by Crippen LogP contribution is -1.81. The Labute approximate surface area is 117 Å². The van der Waals surface area contributed by atoms with Gasteiger partial charge < -0.3 is 0 Å². The maximum Gasteiger partial charge on any atom is 0.187 e. The molecule has 0 spiro atoms. The summed E-state index contributed by atoms with van der Waals surface area (Å²) in [7, 11) is 0. The van der Waals surface area contributed by atoms with Crippen LogP contribution in [0.25, 0.3) is 27.9 Å². The number of aromatic nitrogens is 1. The first-order valence-corrected chi connectivity index (χ1v) is 6.36. The minimum Gasteiger partial charge on any atom is -0.256 e. The van der Waals surface area contributed by atoms with Crippen molar-refractivity contribution in [3.8, 4) is 0 Å². The van der Waals surface area contributed by atoms with Crippen LogP contribution in [-0.2, 0) is 0 Å². The second-order valence-corrected chi connectivity index (χ2v) is 4.45. The molecule has 1 heterocycles. The van der Waals surface area contributed by atoms with Crippen molar-refractivity contribution in [1.29, 1.82) is 0 Å². The predicted molar refractivity (Wildman–Crippen MR) is 83.4 cm³/mol. The van der Waals surface area contributed by atoms with E-state index in [4.69, 9.17) is 6.57 Å². The summed E-state index contributed by atoms with van der Waals surface area (Å²) in [6.45, 7) is 6.94. The van der Waals surface area contributed by atoms with Gasteiger partial charge in [0.05, 0.1) is 12.1 Å². The minimum absolute atomic E-state index is 0.663. The maximum atomic E-state index is 6.94. The molecule has 0 saturated heterocycles. The van der Waals surface area contributed by atoms with Crippen LogP contribution < -0.4 is 0 Å². The summed E-state index contributed by atoms with van der Waals surface area (Å²) >= 11 is 0. The molecule has 0 amide bonds. The highest BCUT2D eigenvalue weighted by atomic mass is 14.6. The Morgan fingerprint density at radius 1 is 0.900 bits per heavy atom. The molecule has 0 aliphatic heterocycles. The van der Waals surface area contributed by atoms with Crippen molar-refractivity contribution in [3.05, 3.63) is 83.3 Å². The normalized spacial score (nSPS) is 10.8. The van der Waals surface area contributed by atoms with E-state index >= 15 is 0 Å². The molecule has 0 fully saturated rings. The summed E-state index contributed by atoms with van der Waals surface area (Å²) < 4.78 is 0. The van der Waals surface area contributed by atoms with Crippen LogP contribution >= 0.6 is 0 Å². The number of benzene rings is 2. The highest BCUT2D eigenvalue weighted by Gasteiger charge is 1.97. The van der Waals surface area contributed by atoms with Crippen LogP contribution in [0.4, 0.5) is 5.69 Å². The first kappa shape index (κ1) is 12.1. The molecule has 20 heavy (non-hydrogen) atoms. The number of fused-ring (bicyclic) bond motifs is 1. The second-order valence-electron chi connectivity index (χ2n) is 4.45. The Morgan fingerprint density at radius 2 is 1.70 bits per heavy atom. The second kappa shape index (κ2) is 5.38. The molecule has 94 valence electrons. The topological polar surface area (TPSA) is 17.2 Å². The van der Waals surface area contributed by atoms with Crippen LogP contribution in [0.3, 0.4) is 0 Å². The van der Waals surface area contributed by atoms with Gasteiger partial charge in [-0.3, -0.25) is 4.98 Å². The molecule has 1 aromatic heterocycles. The molecule has 0 bridgehead atoms. The fourth-order valence-electron chi connectivity index (χ4n) is 2.11. The average Bonchev–Trinajstić information content (AvgIpc) is 2.53. The number of pyridine rings is 1. The lowest BCUT2D eigenvalue weighted by atomic mass is 10.1. The third-order valence-corrected chi connectivity index (χ3v) is 3.16. The number of nitrogens with zero attached hydrogens (tertiary/aromatic N) is 2. The van der Waals surface area contributed by atoms with Gasteiger partial charge in [0.1, 0.15) is 0 Å². The fraction of sp³-hybridized carbons (Fsp3) is 0. The van der Waals surface area contributed by atoms with Crippen molar-refractivity contribution >= 4 is 28.7 Å². The zero-order valence-corrected chi connectivity index (χ0v) is 10.8. The first-order valence-electron chi connectivity index (χ1n) is 6.36. The SMILES string of the molecule is [C-]#[N+]c1ccc(/C=C/c2ccnc3ccccc23)cc1. The van der Waals surface area contributed by atoms with E-state index in [9.17, 15) is 0 Å². The molecule has 0 aliphatic carbocycles. The number of para-hydroxylation sites is 1. The van der Waals surface area contributed by atoms with Crippen molar-refractivity contribution in [2.24, 2.45) is 0 Å². The Morgan fingerprint density at radius 3 is 2.50 bits per heavy atom. The minimum atomic E-state index is 0.663. The summed E-state index contributed by atoms with van der Waals surface area (Å²) in [5, 5.41) is 1.14. The Hall–Kier alpha value is -2.92. The van der Waals surface area contributed by atoms with Crippen molar-refractivity contribution in [2.75, 3.05) is 0 Å². The van der Waals surface area contributed by atoms with E-state index in [0.29, 0.717) is 5.69 Å². The first-order chi connectivity index (χ1) is 9.86. The summed E-state index contributed by atoms with van der Waals surface area (Å²) in [4.78, 5) is 7.74. The zero-order valence-electron chi connectivity index (χ0n) is 10.8. The number of hydrogen-bond donors (Lipinski definition) is 0. The molecule has 0 aliphatic rings. The lowest BCUT2D eigenvalue weighted by Gasteiger charge is -2.01. The van der Waals surface area contributed by atoms with Crippen molar-refractivity contribution < 1.29 is 0 Å². The van der Waals surface area contributed by atoms with E-state index in [-0.39, 0.29) is 0 Å². The molecule has 0 unspecified atom stereocenters. The van der Waals surface area contributed by atoms with Crippen LogP contribution in [0.1, 0.15) is 11.1 Å². The molecule has 2 aromatic carbocycles. The van der Waals surface area contributed by atoms with E-state index in [0.717, 1.165) is 22.0 Å². The number of rotatable bonds is 2. The van der Waals surface area contributed by atoms with Gasteiger partial charge in [0.2, 0.25) is 0 Å². The molecule has 2 nitrogen and oxygen atoms in total. The zero-order chi connectivity index (χ0) is 13.8. The van der Waals surface area contributed by atoms with Gasteiger partial charge in [0.15, 0.2) is 5.69 Å². The van der Waals surface area contributed by atoms with E-state index < -0.39 is 0 Å². The van der Waals surface area contributed by atoms with Gasteiger partial charge in [0.25, 0.3) is 0 Å². The molecule has 3 rings (SSSR count). The molecular weight excluding hydrogens is 244 g/mol. The summed E-state index contributed by atoms with van der Waals surface area (Å²) in [5.74, 6) is 0. The quantitative estimate of drug-likeness (QED) is 0.592. The fourth-order valence-corrected chi connectivity index (χ4v) is 2.11. The maximum absolute atomic E-state index is 6.94. The van der Waals surface area contributed by atoms with Gasteiger partial charge in [-0.2, -0.15) is 0 Å². The van der Waals surface area contributed by atoms with E-state index in [1.54, 1.807) is 0 Å². The van der Waals surface area contributed by atoms with Crippen LogP contribution in [0.5, 0.6) is 0 Å². The van der Waals surface area contributed by atoms with Crippen molar-refractivity contribution in [2.45, 2.75) is 0 Å². The monoisotopic (exact) mass is 256 g/mol. The van der Waals surface area contributed by atoms with Gasteiger partial charge in [-0.05, 0) is 23.3 Å². The van der Waals surface area contributed by atoms with Crippen molar-refractivity contribution in [1.82, 2.24) is 4.98 Å². The Balaban J connectivity index is 1.96. The summed E-state index contributed by atoms with van der Waals surface area (Å²) in [6, 6.07) is 17.7. The third-order valence-electron chi connectivity index (χ3n) is 3.16. The highest BCUT2D eigenvalue weighted by Crippen LogP contribution is 2.19. The molecule has 3 aromatic rings. The smallest absolute Gasteiger partial charge is 0.187 e. The lowest BCUT2D eigenvalue weighted by molar-refractivity contribution is 1.41. The summed E-state index contributed by atoms with van der Waals surface area (Å²) in [6.07, 6.45) is 5.95. The van der Waals surface area contributed by atoms with Crippen molar-refractivity contribution in [3.63, 3.8) is 0 Å². The van der Waals surface area contributed by atoms with Gasteiger partial charge in [-0.15, -0.1) is 0 Å². The van der Waals surface area contributed by atoms with Gasteiger partial charge >= 0.3 is 0 Å². The van der Waals surface area contributed by atoms with Gasteiger partial charge in [0, 0.05) is 11.6 Å². The molecule has 2 heteroatoms. The largest absolute Gasteiger partial charge is 0.256 e. The van der Waals surface area contributed by atoms with E-state index in [1.165, 1.54) is 0 Å². The molecule has 0 N–H and O–H groups in total. The van der Waals surface area contributed by atoms with Gasteiger partial charge in [-0.1, -0.05) is 54.6 Å². The average molecular weight is 256 g/mol. The number of hydrogen-bond acceptors (Lipinski definition) is 1. The predicted octanol–water partition coefficient (Wildman–Crippen LogP) is 4.96. The van der Waals surface area contributed by atoms with Gasteiger partial charge in [-0.25, -0.2) is 4.85 Å². The van der Waals surface area contributed by atoms with E-state index in [1.807, 2.05) is 54.7 Å². The van der Waals surface area contributed by atoms with Crippen LogP contribution in [0, 0.1) is 6.57 Å². The molecular formula is C18H12N2.